The average Bonchev–Trinajstić information content (AvgIpc) is 3.42. The molecule has 32 heavy (non-hydrogen) atoms. The number of benzene rings is 1. The van der Waals surface area contributed by atoms with Crippen LogP contribution in [0.15, 0.2) is 39.4 Å². The predicted molar refractivity (Wildman–Crippen MR) is 113 cm³/mol. The lowest BCUT2D eigenvalue weighted by atomic mass is 9.93. The minimum Gasteiger partial charge on any atom is -0.442 e. The summed E-state index contributed by atoms with van der Waals surface area (Å²) in [4.78, 5) is 24.9. The van der Waals surface area contributed by atoms with E-state index in [1.54, 1.807) is 18.2 Å². The molecule has 0 spiro atoms. The molecule has 1 atom stereocenters. The summed E-state index contributed by atoms with van der Waals surface area (Å²) in [5.74, 6) is -0.549. The first-order chi connectivity index (χ1) is 15.4. The van der Waals surface area contributed by atoms with Crippen molar-refractivity contribution >= 4 is 33.2 Å². The Hall–Kier alpha value is -2.99. The smallest absolute Gasteiger partial charge is 0.414 e. The third kappa shape index (κ3) is 4.91. The van der Waals surface area contributed by atoms with Gasteiger partial charge in [-0.2, -0.15) is 4.36 Å². The fourth-order valence-electron chi connectivity index (χ4n) is 3.89. The Balaban J connectivity index is 1.39. The van der Waals surface area contributed by atoms with Crippen LogP contribution in [0.1, 0.15) is 24.3 Å². The molecule has 12 heteroatoms. The maximum absolute atomic E-state index is 14.9. The lowest BCUT2D eigenvalue weighted by Gasteiger charge is -2.25. The van der Waals surface area contributed by atoms with Gasteiger partial charge in [-0.15, -0.1) is 0 Å². The van der Waals surface area contributed by atoms with Crippen molar-refractivity contribution in [1.82, 2.24) is 5.16 Å². The van der Waals surface area contributed by atoms with E-state index < -0.39 is 40.3 Å². The van der Waals surface area contributed by atoms with Gasteiger partial charge in [0, 0.05) is 17.6 Å². The van der Waals surface area contributed by atoms with E-state index in [-0.39, 0.29) is 24.0 Å². The van der Waals surface area contributed by atoms with Gasteiger partial charge in [-0.1, -0.05) is 11.2 Å². The number of aliphatic hydroxyl groups is 1. The van der Waals surface area contributed by atoms with E-state index in [0.717, 1.165) is 0 Å². The number of carbonyl (C=O) groups is 2. The zero-order valence-corrected chi connectivity index (χ0v) is 17.9. The first-order valence-corrected chi connectivity index (χ1v) is 12.0. The number of nitrogens with one attached hydrogen (secondary N) is 1. The van der Waals surface area contributed by atoms with E-state index in [4.69, 9.17) is 14.4 Å². The largest absolute Gasteiger partial charge is 0.442 e. The van der Waals surface area contributed by atoms with Crippen LogP contribution in [0.3, 0.4) is 0 Å². The first kappa shape index (κ1) is 22.2. The highest BCUT2D eigenvalue weighted by molar-refractivity contribution is 7.93. The molecule has 4 rings (SSSR count). The highest BCUT2D eigenvalue weighted by atomic mass is 32.2. The standard InChI is InChI=1S/C20H23FN4O6S/c21-17-9-14(25-11-15(31-20(25)28)10-22-18-3-6-30-23-18)1-2-16(17)13-4-7-32(29,8-5-13)24-19(27)12-26/h1-3,6,9,13,15,26H,4-5,7-8,10-12H2,(H,22,23)/t13?,15-,32?/m0/s1. The van der Waals surface area contributed by atoms with E-state index >= 15 is 0 Å². The number of anilines is 2. The van der Waals surface area contributed by atoms with Crippen molar-refractivity contribution in [3.05, 3.63) is 41.9 Å². The number of carbonyl (C=O) groups excluding carboxylic acids is 2. The number of rotatable bonds is 6. The van der Waals surface area contributed by atoms with Crippen LogP contribution < -0.4 is 10.2 Å². The second kappa shape index (κ2) is 9.25. The highest BCUT2D eigenvalue weighted by Gasteiger charge is 2.33. The number of halogens is 1. The van der Waals surface area contributed by atoms with Crippen LogP contribution in [0.25, 0.3) is 0 Å². The number of aromatic nitrogens is 1. The van der Waals surface area contributed by atoms with Gasteiger partial charge in [0.2, 0.25) is 0 Å². The molecule has 0 unspecified atom stereocenters. The van der Waals surface area contributed by atoms with Gasteiger partial charge in [-0.3, -0.25) is 9.69 Å². The summed E-state index contributed by atoms with van der Waals surface area (Å²) in [5, 5.41) is 15.5. The van der Waals surface area contributed by atoms with Gasteiger partial charge in [0.05, 0.1) is 28.5 Å². The van der Waals surface area contributed by atoms with Crippen molar-refractivity contribution < 1.29 is 32.6 Å². The van der Waals surface area contributed by atoms with Crippen LogP contribution >= 0.6 is 0 Å². The predicted octanol–water partition coefficient (Wildman–Crippen LogP) is 2.12. The summed E-state index contributed by atoms with van der Waals surface area (Å²) < 4.78 is 41.2. The maximum Gasteiger partial charge on any atom is 0.414 e. The molecule has 1 aromatic heterocycles. The zero-order chi connectivity index (χ0) is 22.7. The molecule has 172 valence electrons. The maximum atomic E-state index is 14.9. The summed E-state index contributed by atoms with van der Waals surface area (Å²) in [7, 11) is -2.70. The number of cyclic esters (lactones) is 1. The number of hydrogen-bond acceptors (Lipinski definition) is 8. The fourth-order valence-corrected chi connectivity index (χ4v) is 6.01. The number of nitrogens with zero attached hydrogens (tertiary/aromatic N) is 3. The Labute approximate surface area is 183 Å². The summed E-state index contributed by atoms with van der Waals surface area (Å²) >= 11 is 0. The molecule has 10 nitrogen and oxygen atoms in total. The molecule has 1 aromatic carbocycles. The monoisotopic (exact) mass is 466 g/mol. The molecule has 2 aromatic rings. The Kier molecular flexibility index (Phi) is 6.42. The average molecular weight is 466 g/mol. The highest BCUT2D eigenvalue weighted by Crippen LogP contribution is 2.34. The molecular formula is C20H23FN4O6S. The Morgan fingerprint density at radius 3 is 2.78 bits per heavy atom. The second-order valence-electron chi connectivity index (χ2n) is 7.69. The van der Waals surface area contributed by atoms with Gasteiger partial charge in [0.25, 0.3) is 5.91 Å². The molecule has 2 N–H and O–H groups in total. The lowest BCUT2D eigenvalue weighted by molar-refractivity contribution is -0.120. The molecule has 2 amide bonds. The van der Waals surface area contributed by atoms with E-state index in [1.165, 1.54) is 17.2 Å². The van der Waals surface area contributed by atoms with Crippen molar-refractivity contribution in [1.29, 1.82) is 0 Å². The molecule has 0 saturated carbocycles. The fraction of sp³-hybridized carbons (Fsp3) is 0.450. The third-order valence-corrected chi connectivity index (χ3v) is 7.82. The molecule has 2 fully saturated rings. The van der Waals surface area contributed by atoms with E-state index in [0.29, 0.717) is 36.5 Å². The zero-order valence-electron chi connectivity index (χ0n) is 17.1. The molecule has 0 aliphatic carbocycles. The number of ether oxygens (including phenoxy) is 1. The van der Waals surface area contributed by atoms with Gasteiger partial charge >= 0.3 is 6.09 Å². The minimum atomic E-state index is -2.70. The summed E-state index contributed by atoms with van der Waals surface area (Å²) in [6.07, 6.45) is 1.27. The van der Waals surface area contributed by atoms with Gasteiger partial charge in [0.15, 0.2) is 5.82 Å². The molecule has 2 saturated heterocycles. The van der Waals surface area contributed by atoms with Crippen LogP contribution in [0, 0.1) is 5.82 Å². The van der Waals surface area contributed by atoms with Crippen LogP contribution in [0.4, 0.5) is 20.7 Å². The molecule has 0 bridgehead atoms. The van der Waals surface area contributed by atoms with E-state index in [2.05, 4.69) is 14.8 Å². The second-order valence-corrected chi connectivity index (χ2v) is 10.2. The van der Waals surface area contributed by atoms with Crippen LogP contribution in [0.2, 0.25) is 0 Å². The number of hydrogen-bond donors (Lipinski definition) is 2. The van der Waals surface area contributed by atoms with Crippen molar-refractivity contribution in [2.24, 2.45) is 4.36 Å². The Morgan fingerprint density at radius 1 is 1.34 bits per heavy atom. The first-order valence-electron chi connectivity index (χ1n) is 10.1. The number of amides is 2. The van der Waals surface area contributed by atoms with Gasteiger partial charge in [0.1, 0.15) is 24.8 Å². The third-order valence-electron chi connectivity index (χ3n) is 5.53. The van der Waals surface area contributed by atoms with Gasteiger partial charge in [-0.25, -0.2) is 13.4 Å². The van der Waals surface area contributed by atoms with E-state index in [1.807, 2.05) is 0 Å². The molecule has 2 aliphatic heterocycles. The van der Waals surface area contributed by atoms with Crippen molar-refractivity contribution in [3.63, 3.8) is 0 Å². The summed E-state index contributed by atoms with van der Waals surface area (Å²) in [5.41, 5.74) is 0.865. The van der Waals surface area contributed by atoms with Gasteiger partial charge in [-0.05, 0) is 36.5 Å². The number of aliphatic hydroxyl groups excluding tert-OH is 1. The van der Waals surface area contributed by atoms with Crippen molar-refractivity contribution in [2.75, 3.05) is 41.4 Å². The molecule has 3 heterocycles. The Morgan fingerprint density at radius 2 is 2.12 bits per heavy atom. The van der Waals surface area contributed by atoms with Crippen LogP contribution in [0.5, 0.6) is 0 Å². The van der Waals surface area contributed by atoms with Crippen molar-refractivity contribution in [3.8, 4) is 0 Å². The van der Waals surface area contributed by atoms with Crippen molar-refractivity contribution in [2.45, 2.75) is 24.9 Å². The molecule has 2 aliphatic rings. The van der Waals surface area contributed by atoms with Crippen LogP contribution in [-0.4, -0.2) is 63.8 Å². The SMILES string of the molecule is O=C(CO)N=S1(=O)CCC(c2ccc(N3C[C@H](CNc4ccon4)OC3=O)cc2F)CC1. The summed E-state index contributed by atoms with van der Waals surface area (Å²) in [6, 6.07) is 6.24. The summed E-state index contributed by atoms with van der Waals surface area (Å²) in [6.45, 7) is -0.179. The molecular weight excluding hydrogens is 443 g/mol. The lowest BCUT2D eigenvalue weighted by Crippen LogP contribution is -2.27. The van der Waals surface area contributed by atoms with Gasteiger partial charge < -0.3 is 19.7 Å². The Bertz CT molecular complexity index is 1100. The minimum absolute atomic E-state index is 0.164. The quantitative estimate of drug-likeness (QED) is 0.661. The van der Waals surface area contributed by atoms with E-state index in [9.17, 15) is 18.2 Å². The normalized spacial score (nSPS) is 25.4. The topological polar surface area (TPSA) is 134 Å². The molecule has 0 radical (unpaired) electrons. The van der Waals surface area contributed by atoms with Crippen LogP contribution in [-0.2, 0) is 19.3 Å².